The van der Waals surface area contributed by atoms with E-state index < -0.39 is 0 Å². The third-order valence-electron chi connectivity index (χ3n) is 4.66. The first-order valence-electron chi connectivity index (χ1n) is 8.09. The van der Waals surface area contributed by atoms with E-state index >= 15 is 0 Å². The van der Waals surface area contributed by atoms with Crippen molar-refractivity contribution in [2.75, 3.05) is 13.2 Å². The molecule has 2 aliphatic rings. The quantitative estimate of drug-likeness (QED) is 0.876. The number of ether oxygens (including phenoxy) is 2. The number of halogens is 1. The maximum Gasteiger partial charge on any atom is 0.175 e. The first kappa shape index (κ1) is 15.2. The largest absolute Gasteiger partial charge is 0.486 e. The maximum atomic E-state index is 5.70. The Morgan fingerprint density at radius 1 is 1.19 bits per heavy atom. The summed E-state index contributed by atoms with van der Waals surface area (Å²) in [5.74, 6) is 2.54. The number of rotatable bonds is 4. The second kappa shape index (κ2) is 7.01. The minimum Gasteiger partial charge on any atom is -0.486 e. The number of hydrogen-bond donors (Lipinski definition) is 1. The van der Waals surface area contributed by atoms with Gasteiger partial charge in [-0.05, 0) is 52.4 Å². The summed E-state index contributed by atoms with van der Waals surface area (Å²) in [6, 6.07) is 4.91. The molecular weight excluding hydrogens is 330 g/mol. The highest BCUT2D eigenvalue weighted by molar-refractivity contribution is 9.10. The van der Waals surface area contributed by atoms with E-state index in [0.717, 1.165) is 28.4 Å². The fraction of sp³-hybridized carbons (Fsp3) is 0.647. The first-order valence-corrected chi connectivity index (χ1v) is 8.88. The van der Waals surface area contributed by atoms with Crippen LogP contribution in [0.3, 0.4) is 0 Å². The summed E-state index contributed by atoms with van der Waals surface area (Å²) >= 11 is 3.59. The summed E-state index contributed by atoms with van der Waals surface area (Å²) in [6.45, 7) is 4.47. The second-order valence-electron chi connectivity index (χ2n) is 6.04. The lowest BCUT2D eigenvalue weighted by Crippen LogP contribution is -2.37. The number of benzene rings is 1. The Morgan fingerprint density at radius 3 is 2.86 bits per heavy atom. The van der Waals surface area contributed by atoms with Gasteiger partial charge < -0.3 is 14.8 Å². The molecular formula is C17H24BrNO2. The highest BCUT2D eigenvalue weighted by Gasteiger charge is 2.23. The van der Waals surface area contributed by atoms with E-state index in [0.29, 0.717) is 19.3 Å². The molecule has 1 fully saturated rings. The van der Waals surface area contributed by atoms with Gasteiger partial charge in [0.05, 0.1) is 4.47 Å². The first-order chi connectivity index (χ1) is 10.3. The summed E-state index contributed by atoms with van der Waals surface area (Å²) < 4.78 is 12.3. The van der Waals surface area contributed by atoms with Crippen LogP contribution in [0.15, 0.2) is 16.6 Å². The third-order valence-corrected chi connectivity index (χ3v) is 5.25. The van der Waals surface area contributed by atoms with Gasteiger partial charge in [-0.1, -0.05) is 26.2 Å². The number of hydrogen-bond acceptors (Lipinski definition) is 3. The molecule has 1 heterocycles. The van der Waals surface area contributed by atoms with Crippen molar-refractivity contribution in [3.8, 4) is 11.5 Å². The zero-order valence-electron chi connectivity index (χ0n) is 12.7. The van der Waals surface area contributed by atoms with Crippen molar-refractivity contribution in [2.45, 2.75) is 51.6 Å². The molecule has 1 aliphatic carbocycles. The van der Waals surface area contributed by atoms with Gasteiger partial charge in [0.1, 0.15) is 13.2 Å². The highest BCUT2D eigenvalue weighted by atomic mass is 79.9. The van der Waals surface area contributed by atoms with Crippen LogP contribution in [-0.2, 0) is 6.54 Å². The van der Waals surface area contributed by atoms with E-state index in [1.54, 1.807) is 0 Å². The molecule has 116 valence electrons. The predicted molar refractivity (Wildman–Crippen MR) is 88.0 cm³/mol. The Morgan fingerprint density at radius 2 is 2.00 bits per heavy atom. The van der Waals surface area contributed by atoms with E-state index in [2.05, 4.69) is 40.3 Å². The van der Waals surface area contributed by atoms with E-state index in [-0.39, 0.29) is 0 Å². The van der Waals surface area contributed by atoms with Crippen molar-refractivity contribution in [3.63, 3.8) is 0 Å². The van der Waals surface area contributed by atoms with E-state index in [9.17, 15) is 0 Å². The minimum atomic E-state index is 0.628. The molecule has 1 saturated carbocycles. The molecule has 0 spiro atoms. The van der Waals surface area contributed by atoms with Gasteiger partial charge in [-0.2, -0.15) is 0 Å². The molecule has 1 aliphatic heterocycles. The summed E-state index contributed by atoms with van der Waals surface area (Å²) in [6.07, 6.45) is 6.72. The van der Waals surface area contributed by atoms with Crippen molar-refractivity contribution in [1.29, 1.82) is 0 Å². The summed E-state index contributed by atoms with van der Waals surface area (Å²) in [7, 11) is 0. The lowest BCUT2D eigenvalue weighted by atomic mass is 9.83. The molecule has 3 nitrogen and oxygen atoms in total. The third kappa shape index (κ3) is 3.54. The smallest absolute Gasteiger partial charge is 0.175 e. The van der Waals surface area contributed by atoms with Crippen LogP contribution in [0.4, 0.5) is 0 Å². The van der Waals surface area contributed by atoms with Crippen LogP contribution in [0.5, 0.6) is 11.5 Å². The van der Waals surface area contributed by atoms with E-state index in [1.807, 2.05) is 0 Å². The van der Waals surface area contributed by atoms with Crippen LogP contribution in [0.1, 0.15) is 44.6 Å². The van der Waals surface area contributed by atoms with Crippen molar-refractivity contribution in [3.05, 3.63) is 22.2 Å². The molecule has 0 bridgehead atoms. The average Bonchev–Trinajstić information content (AvgIpc) is 2.53. The Balaban J connectivity index is 1.66. The Hall–Kier alpha value is -0.740. The minimum absolute atomic E-state index is 0.628. The van der Waals surface area contributed by atoms with Crippen LogP contribution in [0, 0.1) is 5.92 Å². The van der Waals surface area contributed by atoms with Crippen LogP contribution in [0.25, 0.3) is 0 Å². The van der Waals surface area contributed by atoms with Gasteiger partial charge >= 0.3 is 0 Å². The molecule has 1 aromatic rings. The summed E-state index contributed by atoms with van der Waals surface area (Å²) in [4.78, 5) is 0. The molecule has 0 aromatic heterocycles. The van der Waals surface area contributed by atoms with Gasteiger partial charge in [0.15, 0.2) is 11.5 Å². The van der Waals surface area contributed by atoms with E-state index in [4.69, 9.17) is 9.47 Å². The highest BCUT2D eigenvalue weighted by Crippen LogP contribution is 2.38. The summed E-state index contributed by atoms with van der Waals surface area (Å²) in [5.41, 5.74) is 1.26. The van der Waals surface area contributed by atoms with Gasteiger partial charge in [-0.15, -0.1) is 0 Å². The van der Waals surface area contributed by atoms with Gasteiger partial charge in [-0.3, -0.25) is 0 Å². The van der Waals surface area contributed by atoms with E-state index in [1.165, 1.54) is 37.7 Å². The Labute approximate surface area is 135 Å². The molecule has 0 radical (unpaired) electrons. The summed E-state index contributed by atoms with van der Waals surface area (Å²) in [5, 5.41) is 3.76. The van der Waals surface area contributed by atoms with Gasteiger partial charge in [-0.25, -0.2) is 0 Å². The lowest BCUT2D eigenvalue weighted by molar-refractivity contribution is 0.170. The molecule has 1 N–H and O–H groups in total. The van der Waals surface area contributed by atoms with Gasteiger partial charge in [0, 0.05) is 12.6 Å². The average molecular weight is 354 g/mol. The van der Waals surface area contributed by atoms with Crippen molar-refractivity contribution < 1.29 is 9.47 Å². The molecule has 4 heteroatoms. The normalized spacial score (nSPS) is 24.9. The molecule has 0 amide bonds. The number of fused-ring (bicyclic) bond motifs is 1. The van der Waals surface area contributed by atoms with Crippen LogP contribution in [-0.4, -0.2) is 19.3 Å². The van der Waals surface area contributed by atoms with Gasteiger partial charge in [0.25, 0.3) is 0 Å². The van der Waals surface area contributed by atoms with Crippen molar-refractivity contribution in [1.82, 2.24) is 5.32 Å². The lowest BCUT2D eigenvalue weighted by Gasteiger charge is -2.32. The molecule has 2 unspecified atom stereocenters. The van der Waals surface area contributed by atoms with Gasteiger partial charge in [0.2, 0.25) is 0 Å². The molecule has 3 rings (SSSR count). The van der Waals surface area contributed by atoms with Crippen LogP contribution >= 0.6 is 15.9 Å². The monoisotopic (exact) mass is 353 g/mol. The number of nitrogens with one attached hydrogen (secondary N) is 1. The molecule has 21 heavy (non-hydrogen) atoms. The maximum absolute atomic E-state index is 5.70. The Bertz CT molecular complexity index is 492. The molecule has 1 aromatic carbocycles. The fourth-order valence-electron chi connectivity index (χ4n) is 3.48. The van der Waals surface area contributed by atoms with Crippen molar-refractivity contribution >= 4 is 15.9 Å². The zero-order valence-corrected chi connectivity index (χ0v) is 14.2. The molecule has 0 saturated heterocycles. The standard InChI is InChI=1S/C17H24BrNO2/c1-2-13-5-3-4-6-15(13)19-11-12-9-14(18)17-16(10-12)20-7-8-21-17/h9-10,13,15,19H,2-8,11H2,1H3. The predicted octanol–water partition coefficient (Wildman–Crippen LogP) is 4.28. The fourth-order valence-corrected chi connectivity index (χ4v) is 4.08. The van der Waals surface area contributed by atoms with Crippen LogP contribution in [0.2, 0.25) is 0 Å². The molecule has 2 atom stereocenters. The van der Waals surface area contributed by atoms with Crippen molar-refractivity contribution in [2.24, 2.45) is 5.92 Å². The zero-order chi connectivity index (χ0) is 14.7. The topological polar surface area (TPSA) is 30.5 Å². The Kier molecular flexibility index (Phi) is 5.07. The second-order valence-corrected chi connectivity index (χ2v) is 6.90. The van der Waals surface area contributed by atoms with Crippen LogP contribution < -0.4 is 14.8 Å². The SMILES string of the molecule is CCC1CCCCC1NCc1cc(Br)c2c(c1)OCCO2.